The molecule has 59 heavy (non-hydrogen) atoms. The van der Waals surface area contributed by atoms with Gasteiger partial charge in [0.15, 0.2) is 0 Å². The molecule has 9 heteroatoms. The van der Waals surface area contributed by atoms with Crippen LogP contribution >= 0.6 is 0 Å². The van der Waals surface area contributed by atoms with Gasteiger partial charge in [-0.25, -0.2) is 0 Å². The van der Waals surface area contributed by atoms with E-state index in [0.717, 1.165) is 42.2 Å². The standard InChI is InChI=1S/C50H40N2O5Si2/c53-51(54)47-33-17-13-21-39(47)37-41-23-15-19-35-49(41)58(43-25-5-1-6-26-43,44-27-7-2-8-28-44)57-59(45-29-9-3-10-30-45,46-31-11-4-12-32-46)50-36-20-16-24-42(50)38-40-22-14-18-34-48(40)52(55)56/h1-36H,37-38H2. The Morgan fingerprint density at radius 3 is 0.898 bits per heavy atom. The van der Waals surface area contributed by atoms with E-state index in [1.165, 1.54) is 0 Å². The summed E-state index contributed by atoms with van der Waals surface area (Å²) in [4.78, 5) is 24.1. The molecule has 0 saturated carbocycles. The molecule has 8 rings (SSSR count). The molecule has 0 radical (unpaired) electrons. The van der Waals surface area contributed by atoms with E-state index in [4.69, 9.17) is 4.12 Å². The quantitative estimate of drug-likeness (QED) is 0.0497. The van der Waals surface area contributed by atoms with Crippen LogP contribution in [0.25, 0.3) is 0 Å². The molecule has 0 fully saturated rings. The molecule has 0 heterocycles. The lowest BCUT2D eigenvalue weighted by atomic mass is 10.0. The number of rotatable bonds is 14. The summed E-state index contributed by atoms with van der Waals surface area (Å²) >= 11 is 0. The molecule has 0 unspecified atom stereocenters. The monoisotopic (exact) mass is 804 g/mol. The third kappa shape index (κ3) is 7.58. The van der Waals surface area contributed by atoms with Crippen LogP contribution in [-0.4, -0.2) is 26.5 Å². The molecule has 0 amide bonds. The zero-order chi connectivity index (χ0) is 40.7. The van der Waals surface area contributed by atoms with Gasteiger partial charge in [0.25, 0.3) is 28.0 Å². The lowest BCUT2D eigenvalue weighted by Gasteiger charge is -2.45. The van der Waals surface area contributed by atoms with Crippen molar-refractivity contribution in [2.45, 2.75) is 12.8 Å². The molecule has 0 aliphatic carbocycles. The molecule has 0 saturated heterocycles. The first-order valence-electron chi connectivity index (χ1n) is 19.5. The first-order valence-corrected chi connectivity index (χ1v) is 23.3. The molecule has 0 spiro atoms. The Kier molecular flexibility index (Phi) is 11.3. The van der Waals surface area contributed by atoms with E-state index in [2.05, 4.69) is 72.8 Å². The van der Waals surface area contributed by atoms with Gasteiger partial charge in [-0.3, -0.25) is 20.2 Å². The van der Waals surface area contributed by atoms with Crippen molar-refractivity contribution in [1.82, 2.24) is 0 Å². The Balaban J connectivity index is 1.49. The summed E-state index contributed by atoms with van der Waals surface area (Å²) in [7, 11) is -7.42. The van der Waals surface area contributed by atoms with Crippen molar-refractivity contribution in [1.29, 1.82) is 0 Å². The van der Waals surface area contributed by atoms with Crippen molar-refractivity contribution >= 4 is 59.1 Å². The molecular weight excluding hydrogens is 765 g/mol. The Labute approximate surface area is 345 Å². The topological polar surface area (TPSA) is 95.5 Å². The Hall–Kier alpha value is -7.05. The van der Waals surface area contributed by atoms with Gasteiger partial charge in [-0.15, -0.1) is 0 Å². The summed E-state index contributed by atoms with van der Waals surface area (Å²) in [6, 6.07) is 71.9. The number of para-hydroxylation sites is 2. The third-order valence-electron chi connectivity index (χ3n) is 11.0. The van der Waals surface area contributed by atoms with Gasteiger partial charge < -0.3 is 4.12 Å². The number of benzene rings is 8. The summed E-state index contributed by atoms with van der Waals surface area (Å²) in [6.07, 6.45) is 0.620. The van der Waals surface area contributed by atoms with E-state index in [1.807, 2.05) is 121 Å². The van der Waals surface area contributed by atoms with Gasteiger partial charge >= 0.3 is 0 Å². The fourth-order valence-corrected chi connectivity index (χ4v) is 19.4. The molecule has 0 aliphatic rings. The number of hydrogen-bond acceptors (Lipinski definition) is 5. The van der Waals surface area contributed by atoms with Crippen LogP contribution in [0.4, 0.5) is 11.4 Å². The van der Waals surface area contributed by atoms with Crippen LogP contribution < -0.4 is 31.1 Å². The van der Waals surface area contributed by atoms with Crippen LogP contribution in [0.15, 0.2) is 218 Å². The average molecular weight is 805 g/mol. The number of hydrogen-bond donors (Lipinski definition) is 0. The molecule has 0 N–H and O–H groups in total. The molecule has 0 bridgehead atoms. The highest BCUT2D eigenvalue weighted by Gasteiger charge is 2.54. The Bertz CT molecular complexity index is 2450. The minimum Gasteiger partial charge on any atom is -0.435 e. The third-order valence-corrected chi connectivity index (χ3v) is 20.5. The maximum Gasteiger partial charge on any atom is 0.279 e. The second-order valence-electron chi connectivity index (χ2n) is 14.4. The summed E-state index contributed by atoms with van der Waals surface area (Å²) in [5.74, 6) is 0. The predicted octanol–water partition coefficient (Wildman–Crippen LogP) is 7.34. The fraction of sp³-hybridized carbons (Fsp3) is 0.0400. The summed E-state index contributed by atoms with van der Waals surface area (Å²) in [5, 5.41) is 30.8. The van der Waals surface area contributed by atoms with Crippen molar-refractivity contribution < 1.29 is 14.0 Å². The highest BCUT2D eigenvalue weighted by atomic mass is 28.4. The van der Waals surface area contributed by atoms with Gasteiger partial charge in [-0.1, -0.05) is 206 Å². The first kappa shape index (κ1) is 38.8. The van der Waals surface area contributed by atoms with E-state index in [1.54, 1.807) is 24.3 Å². The van der Waals surface area contributed by atoms with Gasteiger partial charge in [0.1, 0.15) is 0 Å². The normalized spacial score (nSPS) is 11.5. The zero-order valence-electron chi connectivity index (χ0n) is 32.1. The summed E-state index contributed by atoms with van der Waals surface area (Å²) < 4.78 is 8.66. The molecule has 288 valence electrons. The number of nitrogens with zero attached hydrogens (tertiary/aromatic N) is 2. The second-order valence-corrected chi connectivity index (χ2v) is 21.3. The molecular formula is C50H40N2O5Si2. The van der Waals surface area contributed by atoms with E-state index in [0.29, 0.717) is 24.0 Å². The van der Waals surface area contributed by atoms with Crippen LogP contribution in [-0.2, 0) is 17.0 Å². The smallest absolute Gasteiger partial charge is 0.279 e. The zero-order valence-corrected chi connectivity index (χ0v) is 34.1. The van der Waals surface area contributed by atoms with E-state index < -0.39 is 16.6 Å². The maximum atomic E-state index is 12.4. The molecule has 0 aliphatic heterocycles. The van der Waals surface area contributed by atoms with Crippen LogP contribution in [0.2, 0.25) is 0 Å². The molecule has 8 aromatic carbocycles. The molecule has 0 aromatic heterocycles. The van der Waals surface area contributed by atoms with Crippen molar-refractivity contribution in [3.63, 3.8) is 0 Å². The van der Waals surface area contributed by atoms with Gasteiger partial charge in [0.2, 0.25) is 0 Å². The van der Waals surface area contributed by atoms with E-state index in [9.17, 15) is 20.2 Å². The largest absolute Gasteiger partial charge is 0.435 e. The van der Waals surface area contributed by atoms with Gasteiger partial charge in [0, 0.05) is 36.1 Å². The van der Waals surface area contributed by atoms with Gasteiger partial charge in [-0.2, -0.15) is 0 Å². The highest BCUT2D eigenvalue weighted by Crippen LogP contribution is 2.27. The van der Waals surface area contributed by atoms with Gasteiger partial charge in [-0.05, 0) is 42.2 Å². The maximum absolute atomic E-state index is 12.4. The fourth-order valence-electron chi connectivity index (χ4n) is 8.35. The molecule has 0 atom stereocenters. The minimum absolute atomic E-state index is 0.0659. The summed E-state index contributed by atoms with van der Waals surface area (Å²) in [6.45, 7) is 0. The number of nitro groups is 2. The average Bonchev–Trinajstić information content (AvgIpc) is 3.29. The van der Waals surface area contributed by atoms with Crippen LogP contribution in [0.3, 0.4) is 0 Å². The minimum atomic E-state index is -3.71. The SMILES string of the molecule is O=[N+]([O-])c1ccccc1Cc1ccccc1[Si](O[Si](c1ccccc1)(c1ccccc1)c1ccccc1Cc1ccccc1[N+](=O)[O-])(c1ccccc1)c1ccccc1. The Morgan fingerprint density at radius 2 is 0.593 bits per heavy atom. The lowest BCUT2D eigenvalue weighted by Crippen LogP contribution is -2.81. The highest BCUT2D eigenvalue weighted by molar-refractivity contribution is 7.18. The van der Waals surface area contributed by atoms with Crippen molar-refractivity contribution in [3.05, 3.63) is 261 Å². The van der Waals surface area contributed by atoms with Crippen molar-refractivity contribution in [3.8, 4) is 0 Å². The van der Waals surface area contributed by atoms with E-state index >= 15 is 0 Å². The first-order chi connectivity index (χ1) is 28.9. The summed E-state index contributed by atoms with van der Waals surface area (Å²) in [5.41, 5.74) is 3.21. The lowest BCUT2D eigenvalue weighted by molar-refractivity contribution is -0.385. The second kappa shape index (κ2) is 17.2. The van der Waals surface area contributed by atoms with Crippen LogP contribution in [0.5, 0.6) is 0 Å². The van der Waals surface area contributed by atoms with Crippen molar-refractivity contribution in [2.75, 3.05) is 0 Å². The van der Waals surface area contributed by atoms with Crippen molar-refractivity contribution in [2.24, 2.45) is 0 Å². The molecule has 7 nitrogen and oxygen atoms in total. The molecule has 8 aromatic rings. The van der Waals surface area contributed by atoms with Crippen LogP contribution in [0.1, 0.15) is 22.3 Å². The van der Waals surface area contributed by atoms with Gasteiger partial charge in [0.05, 0.1) is 9.85 Å². The van der Waals surface area contributed by atoms with Crippen LogP contribution in [0, 0.1) is 20.2 Å². The van der Waals surface area contributed by atoms with E-state index in [-0.39, 0.29) is 21.2 Å². The predicted molar refractivity (Wildman–Crippen MR) is 241 cm³/mol. The number of nitro benzene ring substituents is 2. The Morgan fingerprint density at radius 1 is 0.339 bits per heavy atom.